The summed E-state index contributed by atoms with van der Waals surface area (Å²) in [5.74, 6) is 0.177. The van der Waals surface area contributed by atoms with E-state index in [1.807, 2.05) is 12.1 Å². The fourth-order valence-electron chi connectivity index (χ4n) is 2.87. The van der Waals surface area contributed by atoms with Crippen molar-refractivity contribution in [1.82, 2.24) is 9.97 Å². The quantitative estimate of drug-likeness (QED) is 0.852. The Kier molecular flexibility index (Phi) is 4.32. The monoisotopic (exact) mass is 296 g/mol. The Morgan fingerprint density at radius 1 is 1.18 bits per heavy atom. The Morgan fingerprint density at radius 2 is 2.00 bits per heavy atom. The largest absolute Gasteiger partial charge is 0.397 e. The van der Waals surface area contributed by atoms with Gasteiger partial charge < -0.3 is 11.1 Å². The topological polar surface area (TPSA) is 80.9 Å². The minimum atomic E-state index is 0.0719. The van der Waals surface area contributed by atoms with Crippen LogP contribution in [0.25, 0.3) is 11.3 Å². The highest BCUT2D eigenvalue weighted by molar-refractivity contribution is 5.96. The molecule has 1 aromatic carbocycles. The molecule has 1 fully saturated rings. The fraction of sp³-hybridized carbons (Fsp3) is 0.353. The fourth-order valence-corrected chi connectivity index (χ4v) is 2.87. The number of hydrogen-bond donors (Lipinski definition) is 2. The molecule has 0 aliphatic heterocycles. The van der Waals surface area contributed by atoms with Gasteiger partial charge in [0.25, 0.3) is 0 Å². The minimum absolute atomic E-state index is 0.0719. The van der Waals surface area contributed by atoms with Gasteiger partial charge in [0.1, 0.15) is 0 Å². The van der Waals surface area contributed by atoms with Gasteiger partial charge in [0.2, 0.25) is 5.91 Å². The molecule has 1 aromatic heterocycles. The lowest BCUT2D eigenvalue weighted by Gasteiger charge is -2.21. The van der Waals surface area contributed by atoms with Gasteiger partial charge in [0.15, 0.2) is 0 Å². The molecule has 0 unspecified atom stereocenters. The van der Waals surface area contributed by atoms with Crippen molar-refractivity contribution in [3.63, 3.8) is 0 Å². The molecule has 0 spiro atoms. The van der Waals surface area contributed by atoms with Gasteiger partial charge >= 0.3 is 0 Å². The van der Waals surface area contributed by atoms with E-state index in [-0.39, 0.29) is 11.8 Å². The third-order valence-corrected chi connectivity index (χ3v) is 4.15. The number of benzene rings is 1. The summed E-state index contributed by atoms with van der Waals surface area (Å²) in [6, 6.07) is 5.54. The number of amides is 1. The Bertz CT molecular complexity index is 651. The summed E-state index contributed by atoms with van der Waals surface area (Å²) in [5.41, 5.74) is 8.86. The van der Waals surface area contributed by atoms with Gasteiger partial charge in [0, 0.05) is 23.9 Å². The maximum atomic E-state index is 12.4. The van der Waals surface area contributed by atoms with Gasteiger partial charge in [0.05, 0.1) is 23.3 Å². The molecule has 0 atom stereocenters. The van der Waals surface area contributed by atoms with Crippen LogP contribution in [0.3, 0.4) is 0 Å². The molecule has 22 heavy (non-hydrogen) atoms. The number of nitrogens with two attached hydrogens (primary N) is 1. The van der Waals surface area contributed by atoms with Gasteiger partial charge in [-0.05, 0) is 25.0 Å². The van der Waals surface area contributed by atoms with Crippen molar-refractivity contribution in [3.05, 3.63) is 36.8 Å². The molecule has 3 rings (SSSR count). The van der Waals surface area contributed by atoms with Crippen LogP contribution in [0.5, 0.6) is 0 Å². The first kappa shape index (κ1) is 14.5. The van der Waals surface area contributed by atoms with E-state index in [0.29, 0.717) is 11.4 Å². The summed E-state index contributed by atoms with van der Waals surface area (Å²) in [4.78, 5) is 20.7. The Morgan fingerprint density at radius 3 is 2.73 bits per heavy atom. The molecule has 5 nitrogen and oxygen atoms in total. The number of nitrogen functional groups attached to an aromatic ring is 1. The van der Waals surface area contributed by atoms with Crippen LogP contribution in [0, 0.1) is 5.92 Å². The zero-order chi connectivity index (χ0) is 15.4. The second-order valence-electron chi connectivity index (χ2n) is 5.72. The lowest BCUT2D eigenvalue weighted by Crippen LogP contribution is -2.25. The third-order valence-electron chi connectivity index (χ3n) is 4.15. The van der Waals surface area contributed by atoms with Crippen molar-refractivity contribution in [3.8, 4) is 11.3 Å². The molecule has 1 heterocycles. The molecule has 114 valence electrons. The van der Waals surface area contributed by atoms with Crippen LogP contribution < -0.4 is 11.1 Å². The van der Waals surface area contributed by atoms with Gasteiger partial charge in [-0.2, -0.15) is 0 Å². The molecule has 0 saturated heterocycles. The van der Waals surface area contributed by atoms with E-state index in [9.17, 15) is 4.79 Å². The zero-order valence-electron chi connectivity index (χ0n) is 12.5. The van der Waals surface area contributed by atoms with Gasteiger partial charge in [-0.25, -0.2) is 0 Å². The Balaban J connectivity index is 1.79. The van der Waals surface area contributed by atoms with Gasteiger partial charge in [-0.1, -0.05) is 25.3 Å². The van der Waals surface area contributed by atoms with Crippen molar-refractivity contribution in [2.24, 2.45) is 5.92 Å². The predicted octanol–water partition coefficient (Wildman–Crippen LogP) is 3.24. The van der Waals surface area contributed by atoms with Crippen molar-refractivity contribution >= 4 is 17.3 Å². The molecular formula is C17H20N4O. The smallest absolute Gasteiger partial charge is 0.227 e. The number of nitrogens with one attached hydrogen (secondary N) is 1. The Hall–Kier alpha value is -2.43. The number of carbonyl (C=O) groups is 1. The van der Waals surface area contributed by atoms with Crippen molar-refractivity contribution in [2.45, 2.75) is 32.1 Å². The molecule has 5 heteroatoms. The van der Waals surface area contributed by atoms with Crippen LogP contribution in [-0.4, -0.2) is 15.9 Å². The van der Waals surface area contributed by atoms with Crippen LogP contribution in [0.2, 0.25) is 0 Å². The first-order valence-electron chi connectivity index (χ1n) is 7.71. The molecule has 1 amide bonds. The minimum Gasteiger partial charge on any atom is -0.397 e. The second-order valence-corrected chi connectivity index (χ2v) is 5.72. The first-order valence-corrected chi connectivity index (χ1v) is 7.71. The SMILES string of the molecule is Nc1ccc(-c2cnccn2)cc1NC(=O)C1CCCCC1. The zero-order valence-corrected chi connectivity index (χ0v) is 12.5. The first-order chi connectivity index (χ1) is 10.7. The average Bonchev–Trinajstić information content (AvgIpc) is 2.58. The molecule has 1 aliphatic rings. The van der Waals surface area contributed by atoms with Crippen molar-refractivity contribution < 1.29 is 4.79 Å². The van der Waals surface area contributed by atoms with Crippen LogP contribution in [-0.2, 0) is 4.79 Å². The normalized spacial score (nSPS) is 15.5. The molecular weight excluding hydrogens is 276 g/mol. The Labute approximate surface area is 130 Å². The van der Waals surface area contributed by atoms with E-state index in [4.69, 9.17) is 5.73 Å². The van der Waals surface area contributed by atoms with E-state index in [1.165, 1.54) is 6.42 Å². The van der Waals surface area contributed by atoms with E-state index < -0.39 is 0 Å². The number of nitrogens with zero attached hydrogens (tertiary/aromatic N) is 2. The number of aromatic nitrogens is 2. The standard InChI is InChI=1S/C17H20N4O/c18-14-7-6-13(16-11-19-8-9-20-16)10-15(14)21-17(22)12-4-2-1-3-5-12/h6-12H,1-5,18H2,(H,21,22). The summed E-state index contributed by atoms with van der Waals surface area (Å²) in [7, 11) is 0. The van der Waals surface area contributed by atoms with E-state index in [2.05, 4.69) is 15.3 Å². The maximum absolute atomic E-state index is 12.4. The highest BCUT2D eigenvalue weighted by atomic mass is 16.1. The maximum Gasteiger partial charge on any atom is 0.227 e. The predicted molar refractivity (Wildman–Crippen MR) is 87.1 cm³/mol. The number of hydrogen-bond acceptors (Lipinski definition) is 4. The molecule has 1 aliphatic carbocycles. The molecule has 2 aromatic rings. The lowest BCUT2D eigenvalue weighted by atomic mass is 9.88. The van der Waals surface area contributed by atoms with Gasteiger partial charge in [-0.15, -0.1) is 0 Å². The van der Waals surface area contributed by atoms with Crippen LogP contribution in [0.15, 0.2) is 36.8 Å². The highest BCUT2D eigenvalue weighted by Gasteiger charge is 2.21. The van der Waals surface area contributed by atoms with E-state index in [1.54, 1.807) is 24.7 Å². The number of rotatable bonds is 3. The number of anilines is 2. The summed E-state index contributed by atoms with van der Waals surface area (Å²) in [5, 5.41) is 2.98. The summed E-state index contributed by atoms with van der Waals surface area (Å²) < 4.78 is 0. The molecule has 0 bridgehead atoms. The highest BCUT2D eigenvalue weighted by Crippen LogP contribution is 2.29. The lowest BCUT2D eigenvalue weighted by molar-refractivity contribution is -0.120. The van der Waals surface area contributed by atoms with Crippen LogP contribution in [0.4, 0.5) is 11.4 Å². The van der Waals surface area contributed by atoms with Crippen LogP contribution >= 0.6 is 0 Å². The van der Waals surface area contributed by atoms with E-state index in [0.717, 1.165) is 36.9 Å². The number of carbonyl (C=O) groups excluding carboxylic acids is 1. The summed E-state index contributed by atoms with van der Waals surface area (Å²) >= 11 is 0. The van der Waals surface area contributed by atoms with E-state index >= 15 is 0 Å². The summed E-state index contributed by atoms with van der Waals surface area (Å²) in [6.45, 7) is 0. The van der Waals surface area contributed by atoms with Gasteiger partial charge in [-0.3, -0.25) is 14.8 Å². The molecule has 0 radical (unpaired) electrons. The molecule has 3 N–H and O–H groups in total. The average molecular weight is 296 g/mol. The van der Waals surface area contributed by atoms with Crippen molar-refractivity contribution in [1.29, 1.82) is 0 Å². The summed E-state index contributed by atoms with van der Waals surface area (Å²) in [6.07, 6.45) is 10.4. The molecule has 1 saturated carbocycles. The van der Waals surface area contributed by atoms with Crippen molar-refractivity contribution in [2.75, 3.05) is 11.1 Å². The van der Waals surface area contributed by atoms with Crippen LogP contribution in [0.1, 0.15) is 32.1 Å². The third kappa shape index (κ3) is 3.24. The second kappa shape index (κ2) is 6.56.